The molecule has 0 amide bonds. The number of benzene rings is 1. The van der Waals surface area contributed by atoms with Gasteiger partial charge >= 0.3 is 12.3 Å². The maximum absolute atomic E-state index is 12.2. The Labute approximate surface area is 107 Å². The fourth-order valence-electron chi connectivity index (χ4n) is 1.47. The molecule has 0 N–H and O–H groups in total. The summed E-state index contributed by atoms with van der Waals surface area (Å²) in [6, 6.07) is 3.85. The number of esters is 1. The third-order valence-corrected chi connectivity index (χ3v) is 2.25. The molecule has 0 atom stereocenters. The van der Waals surface area contributed by atoms with Crippen molar-refractivity contribution in [2.75, 3.05) is 6.61 Å². The van der Waals surface area contributed by atoms with Gasteiger partial charge in [-0.2, -0.15) is 5.26 Å². The third-order valence-electron chi connectivity index (χ3n) is 2.25. The van der Waals surface area contributed by atoms with Crippen molar-refractivity contribution in [3.8, 4) is 11.8 Å². The van der Waals surface area contributed by atoms with E-state index in [2.05, 4.69) is 9.47 Å². The lowest BCUT2D eigenvalue weighted by molar-refractivity contribution is -0.274. The molecular weight excluding hydrogens is 263 g/mol. The van der Waals surface area contributed by atoms with E-state index in [0.717, 1.165) is 12.1 Å². The predicted molar refractivity (Wildman–Crippen MR) is 58.5 cm³/mol. The van der Waals surface area contributed by atoms with Crippen LogP contribution in [0.4, 0.5) is 13.2 Å². The standard InChI is InChI=1S/C12H10F3NO3/c1-3-18-11(17)10-7(2)8(6-16)4-5-9(10)19-12(13,14)15/h4-5H,3H2,1-2H3. The van der Waals surface area contributed by atoms with E-state index in [4.69, 9.17) is 5.26 Å². The SMILES string of the molecule is CCOC(=O)c1c(OC(F)(F)F)ccc(C#N)c1C. The maximum Gasteiger partial charge on any atom is 0.573 e. The second-order valence-corrected chi connectivity index (χ2v) is 3.49. The number of rotatable bonds is 3. The van der Waals surface area contributed by atoms with Crippen LogP contribution in [0, 0.1) is 18.3 Å². The van der Waals surface area contributed by atoms with Crippen molar-refractivity contribution in [2.45, 2.75) is 20.2 Å². The van der Waals surface area contributed by atoms with Crippen LogP contribution in [0.3, 0.4) is 0 Å². The molecule has 4 nitrogen and oxygen atoms in total. The number of nitrogens with zero attached hydrogens (tertiary/aromatic N) is 1. The fourth-order valence-corrected chi connectivity index (χ4v) is 1.47. The third kappa shape index (κ3) is 3.61. The molecule has 0 spiro atoms. The van der Waals surface area contributed by atoms with Crippen molar-refractivity contribution in [3.63, 3.8) is 0 Å². The van der Waals surface area contributed by atoms with Gasteiger partial charge in [0.1, 0.15) is 11.3 Å². The highest BCUT2D eigenvalue weighted by atomic mass is 19.4. The van der Waals surface area contributed by atoms with E-state index < -0.39 is 23.6 Å². The molecule has 0 aliphatic carbocycles. The van der Waals surface area contributed by atoms with Gasteiger partial charge in [-0.1, -0.05) is 0 Å². The zero-order chi connectivity index (χ0) is 14.6. The number of hydrogen-bond donors (Lipinski definition) is 0. The number of carbonyl (C=O) groups excluding carboxylic acids is 1. The molecule has 0 fully saturated rings. The Hall–Kier alpha value is -2.23. The number of ether oxygens (including phenoxy) is 2. The average molecular weight is 273 g/mol. The molecule has 1 rings (SSSR count). The van der Waals surface area contributed by atoms with Crippen molar-refractivity contribution in [3.05, 3.63) is 28.8 Å². The molecule has 0 aliphatic rings. The molecule has 0 aliphatic heterocycles. The number of hydrogen-bond acceptors (Lipinski definition) is 4. The molecule has 0 bridgehead atoms. The van der Waals surface area contributed by atoms with Gasteiger partial charge in [0.25, 0.3) is 0 Å². The Bertz CT molecular complexity index is 532. The summed E-state index contributed by atoms with van der Waals surface area (Å²) in [6.07, 6.45) is -4.93. The highest BCUT2D eigenvalue weighted by molar-refractivity contribution is 5.94. The molecular formula is C12H10F3NO3. The van der Waals surface area contributed by atoms with Crippen LogP contribution in [0.15, 0.2) is 12.1 Å². The van der Waals surface area contributed by atoms with Crippen LogP contribution in [-0.2, 0) is 4.74 Å². The Morgan fingerprint density at radius 1 is 1.42 bits per heavy atom. The zero-order valence-electron chi connectivity index (χ0n) is 10.2. The minimum absolute atomic E-state index is 0.000508. The second kappa shape index (κ2) is 5.61. The van der Waals surface area contributed by atoms with Crippen molar-refractivity contribution < 1.29 is 27.4 Å². The van der Waals surface area contributed by atoms with Gasteiger partial charge in [-0.3, -0.25) is 0 Å². The summed E-state index contributed by atoms with van der Waals surface area (Å²) >= 11 is 0. The van der Waals surface area contributed by atoms with Gasteiger partial charge in [-0.25, -0.2) is 4.79 Å². The molecule has 0 radical (unpaired) electrons. The average Bonchev–Trinajstić information content (AvgIpc) is 2.27. The van der Waals surface area contributed by atoms with Crippen molar-refractivity contribution in [1.82, 2.24) is 0 Å². The van der Waals surface area contributed by atoms with Crippen LogP contribution >= 0.6 is 0 Å². The monoisotopic (exact) mass is 273 g/mol. The molecule has 7 heteroatoms. The van der Waals surface area contributed by atoms with Gasteiger partial charge in [-0.05, 0) is 31.5 Å². The van der Waals surface area contributed by atoms with Gasteiger partial charge in [0.2, 0.25) is 0 Å². The van der Waals surface area contributed by atoms with E-state index in [0.29, 0.717) is 0 Å². The topological polar surface area (TPSA) is 59.3 Å². The van der Waals surface area contributed by atoms with Crippen LogP contribution in [0.1, 0.15) is 28.4 Å². The van der Waals surface area contributed by atoms with Crippen LogP contribution in [-0.4, -0.2) is 18.9 Å². The lowest BCUT2D eigenvalue weighted by Crippen LogP contribution is -2.20. The summed E-state index contributed by atoms with van der Waals surface area (Å²) in [5.74, 6) is -1.64. The quantitative estimate of drug-likeness (QED) is 0.794. The Balaban J connectivity index is 3.35. The van der Waals surface area contributed by atoms with E-state index in [1.54, 1.807) is 6.07 Å². The minimum atomic E-state index is -4.93. The minimum Gasteiger partial charge on any atom is -0.462 e. The number of carbonyl (C=O) groups is 1. The zero-order valence-corrected chi connectivity index (χ0v) is 10.2. The molecule has 102 valence electrons. The van der Waals surface area contributed by atoms with Gasteiger partial charge in [0.15, 0.2) is 0 Å². The van der Waals surface area contributed by atoms with Crippen LogP contribution in [0.25, 0.3) is 0 Å². The summed E-state index contributed by atoms with van der Waals surface area (Å²) in [5.41, 5.74) is -0.224. The van der Waals surface area contributed by atoms with E-state index in [-0.39, 0.29) is 17.7 Å². The molecule has 0 aromatic heterocycles. The first kappa shape index (κ1) is 14.8. The molecule has 0 saturated heterocycles. The maximum atomic E-state index is 12.2. The molecule has 19 heavy (non-hydrogen) atoms. The lowest BCUT2D eigenvalue weighted by atomic mass is 10.0. The summed E-state index contributed by atoms with van der Waals surface area (Å²) < 4.78 is 45.2. The molecule has 1 aromatic carbocycles. The highest BCUT2D eigenvalue weighted by Crippen LogP contribution is 2.30. The predicted octanol–water partition coefficient (Wildman–Crippen LogP) is 2.94. The molecule has 0 heterocycles. The first-order chi connectivity index (χ1) is 8.80. The second-order valence-electron chi connectivity index (χ2n) is 3.49. The number of alkyl halides is 3. The van der Waals surface area contributed by atoms with Gasteiger partial charge in [0.05, 0.1) is 18.2 Å². The van der Waals surface area contributed by atoms with E-state index in [1.807, 2.05) is 0 Å². The van der Waals surface area contributed by atoms with E-state index >= 15 is 0 Å². The van der Waals surface area contributed by atoms with Gasteiger partial charge in [0, 0.05) is 0 Å². The van der Waals surface area contributed by atoms with Crippen LogP contribution in [0.5, 0.6) is 5.75 Å². The summed E-state index contributed by atoms with van der Waals surface area (Å²) in [5, 5.41) is 8.81. The van der Waals surface area contributed by atoms with Gasteiger partial charge < -0.3 is 9.47 Å². The first-order valence-corrected chi connectivity index (χ1v) is 5.26. The Morgan fingerprint density at radius 3 is 2.53 bits per heavy atom. The molecule has 0 saturated carbocycles. The van der Waals surface area contributed by atoms with Crippen molar-refractivity contribution in [1.29, 1.82) is 5.26 Å². The van der Waals surface area contributed by atoms with Gasteiger partial charge in [-0.15, -0.1) is 13.2 Å². The Morgan fingerprint density at radius 2 is 2.05 bits per heavy atom. The first-order valence-electron chi connectivity index (χ1n) is 5.26. The highest BCUT2D eigenvalue weighted by Gasteiger charge is 2.34. The number of nitriles is 1. The Kier molecular flexibility index (Phi) is 4.38. The van der Waals surface area contributed by atoms with Crippen molar-refractivity contribution >= 4 is 5.97 Å². The van der Waals surface area contributed by atoms with Crippen molar-refractivity contribution in [2.24, 2.45) is 0 Å². The van der Waals surface area contributed by atoms with Crippen LogP contribution < -0.4 is 4.74 Å². The molecule has 0 unspecified atom stereocenters. The van der Waals surface area contributed by atoms with Crippen LogP contribution in [0.2, 0.25) is 0 Å². The number of halogens is 3. The lowest BCUT2D eigenvalue weighted by Gasteiger charge is -2.15. The smallest absolute Gasteiger partial charge is 0.462 e. The fraction of sp³-hybridized carbons (Fsp3) is 0.333. The largest absolute Gasteiger partial charge is 0.573 e. The van der Waals surface area contributed by atoms with E-state index in [1.165, 1.54) is 13.8 Å². The summed E-state index contributed by atoms with van der Waals surface area (Å²) in [7, 11) is 0. The summed E-state index contributed by atoms with van der Waals surface area (Å²) in [6.45, 7) is 2.88. The van der Waals surface area contributed by atoms with E-state index in [9.17, 15) is 18.0 Å². The normalized spacial score (nSPS) is 10.7. The summed E-state index contributed by atoms with van der Waals surface area (Å²) in [4.78, 5) is 11.7. The molecule has 1 aromatic rings.